The third kappa shape index (κ3) is 3.16. The summed E-state index contributed by atoms with van der Waals surface area (Å²) in [5.74, 6) is 1.00. The maximum atomic E-state index is 12.3. The second kappa shape index (κ2) is 6.13. The smallest absolute Gasteiger partial charge is 0.289 e. The van der Waals surface area contributed by atoms with E-state index >= 15 is 0 Å². The lowest BCUT2D eigenvalue weighted by molar-refractivity contribution is 0.0735. The molecule has 0 radical (unpaired) electrons. The lowest BCUT2D eigenvalue weighted by Gasteiger charge is -2.21. The molecule has 0 spiro atoms. The molecule has 0 atom stereocenters. The summed E-state index contributed by atoms with van der Waals surface area (Å²) in [6.07, 6.45) is 2.52. The summed E-state index contributed by atoms with van der Waals surface area (Å²) in [5.41, 5.74) is 0. The monoisotopic (exact) mass is 306 g/mol. The number of aromatic nitrogens is 2. The van der Waals surface area contributed by atoms with Gasteiger partial charge < -0.3 is 14.2 Å². The zero-order chi connectivity index (χ0) is 14.7. The Labute approximate surface area is 127 Å². The molecular weight excluding hydrogens is 292 g/mol. The fourth-order valence-electron chi connectivity index (χ4n) is 2.40. The Hall–Kier alpha value is -2.08. The van der Waals surface area contributed by atoms with Crippen LogP contribution in [0, 0.1) is 0 Å². The van der Waals surface area contributed by atoms with E-state index in [0.29, 0.717) is 13.1 Å². The molecule has 7 heteroatoms. The van der Waals surface area contributed by atoms with Crippen molar-refractivity contribution in [3.63, 3.8) is 0 Å². The van der Waals surface area contributed by atoms with Gasteiger partial charge in [-0.25, -0.2) is 0 Å². The van der Waals surface area contributed by atoms with E-state index in [2.05, 4.69) is 15.1 Å². The topological polar surface area (TPSA) is 62.5 Å². The number of halogens is 1. The molecular formula is C14H15ClN4O2. The molecule has 6 nitrogen and oxygen atoms in total. The molecule has 2 aromatic rings. The van der Waals surface area contributed by atoms with Crippen LogP contribution in [-0.4, -0.2) is 47.2 Å². The Morgan fingerprint density at radius 1 is 1.19 bits per heavy atom. The molecule has 0 N–H and O–H groups in total. The Kier molecular flexibility index (Phi) is 4.06. The summed E-state index contributed by atoms with van der Waals surface area (Å²) in [4.78, 5) is 16.3. The van der Waals surface area contributed by atoms with Crippen LogP contribution in [-0.2, 0) is 0 Å². The number of carbonyl (C=O) groups is 1. The van der Waals surface area contributed by atoms with Gasteiger partial charge in [-0.1, -0.05) is 0 Å². The van der Waals surface area contributed by atoms with E-state index in [4.69, 9.17) is 16.0 Å². The molecule has 1 aliphatic rings. The fraction of sp³-hybridized carbons (Fsp3) is 0.357. The van der Waals surface area contributed by atoms with Gasteiger partial charge in [0.1, 0.15) is 0 Å². The van der Waals surface area contributed by atoms with Gasteiger partial charge in [-0.3, -0.25) is 4.79 Å². The van der Waals surface area contributed by atoms with E-state index < -0.39 is 0 Å². The van der Waals surface area contributed by atoms with Crippen molar-refractivity contribution in [1.29, 1.82) is 0 Å². The summed E-state index contributed by atoms with van der Waals surface area (Å²) >= 11 is 5.72. The first-order valence-corrected chi connectivity index (χ1v) is 7.19. The largest absolute Gasteiger partial charge is 0.440 e. The van der Waals surface area contributed by atoms with Gasteiger partial charge in [0.25, 0.3) is 5.91 Å². The van der Waals surface area contributed by atoms with E-state index in [1.165, 1.54) is 0 Å². The summed E-state index contributed by atoms with van der Waals surface area (Å²) in [5, 5.41) is 8.24. The minimum absolute atomic E-state index is 0.122. The second-order valence-corrected chi connectivity index (χ2v) is 5.19. The van der Waals surface area contributed by atoms with Crippen LogP contribution in [0.1, 0.15) is 17.0 Å². The molecule has 0 saturated carbocycles. The lowest BCUT2D eigenvalue weighted by Crippen LogP contribution is -2.35. The molecule has 110 valence electrons. The lowest BCUT2D eigenvalue weighted by atomic mass is 10.3. The molecule has 0 unspecified atom stereocenters. The van der Waals surface area contributed by atoms with Gasteiger partial charge in [-0.15, -0.1) is 5.10 Å². The van der Waals surface area contributed by atoms with Crippen LogP contribution in [0.5, 0.6) is 0 Å². The first-order valence-electron chi connectivity index (χ1n) is 6.81. The SMILES string of the molecule is O=C(c1ccc(Cl)o1)N1CCCN(c2cccnn2)CC1. The van der Waals surface area contributed by atoms with E-state index in [9.17, 15) is 4.79 Å². The quantitative estimate of drug-likeness (QED) is 0.850. The number of furan rings is 1. The van der Waals surface area contributed by atoms with Crippen molar-refractivity contribution in [3.05, 3.63) is 41.4 Å². The Morgan fingerprint density at radius 3 is 2.81 bits per heavy atom. The number of nitrogens with zero attached hydrogens (tertiary/aromatic N) is 4. The van der Waals surface area contributed by atoms with Crippen LogP contribution >= 0.6 is 11.6 Å². The molecule has 3 rings (SSSR count). The number of amides is 1. The summed E-state index contributed by atoms with van der Waals surface area (Å²) in [7, 11) is 0. The first-order chi connectivity index (χ1) is 10.2. The number of carbonyl (C=O) groups excluding carboxylic acids is 1. The average molecular weight is 307 g/mol. The molecule has 1 aliphatic heterocycles. The van der Waals surface area contributed by atoms with Crippen LogP contribution in [0.15, 0.2) is 34.9 Å². The predicted octanol–water partition coefficient (Wildman–Crippen LogP) is 2.08. The standard InChI is InChI=1S/C14H15ClN4O2/c15-12-5-4-11(21-12)14(20)19-8-2-7-18(9-10-19)13-3-1-6-16-17-13/h1,3-6H,2,7-10H2. The Bertz CT molecular complexity index is 616. The third-order valence-corrected chi connectivity index (χ3v) is 3.65. The van der Waals surface area contributed by atoms with Crippen molar-refractivity contribution < 1.29 is 9.21 Å². The van der Waals surface area contributed by atoms with Gasteiger partial charge in [0.05, 0.1) is 0 Å². The summed E-state index contributed by atoms with van der Waals surface area (Å²) in [6, 6.07) is 6.98. The van der Waals surface area contributed by atoms with Crippen molar-refractivity contribution in [2.24, 2.45) is 0 Å². The van der Waals surface area contributed by atoms with Crippen LogP contribution in [0.25, 0.3) is 0 Å². The second-order valence-electron chi connectivity index (χ2n) is 4.82. The number of hydrogen-bond acceptors (Lipinski definition) is 5. The van der Waals surface area contributed by atoms with Gasteiger partial charge in [-0.05, 0) is 42.3 Å². The van der Waals surface area contributed by atoms with Crippen LogP contribution < -0.4 is 4.90 Å². The minimum Gasteiger partial charge on any atom is -0.440 e. The maximum Gasteiger partial charge on any atom is 0.289 e. The molecule has 0 aliphatic carbocycles. The molecule has 21 heavy (non-hydrogen) atoms. The highest BCUT2D eigenvalue weighted by Gasteiger charge is 2.23. The average Bonchev–Trinajstić information content (AvgIpc) is 2.81. The number of anilines is 1. The summed E-state index contributed by atoms with van der Waals surface area (Å²) in [6.45, 7) is 2.88. The highest BCUT2D eigenvalue weighted by atomic mass is 35.5. The highest BCUT2D eigenvalue weighted by Crippen LogP contribution is 2.17. The van der Waals surface area contributed by atoms with Gasteiger partial charge >= 0.3 is 0 Å². The van der Waals surface area contributed by atoms with E-state index in [-0.39, 0.29) is 16.9 Å². The van der Waals surface area contributed by atoms with E-state index in [0.717, 1.165) is 25.3 Å². The first kappa shape index (κ1) is 13.9. The van der Waals surface area contributed by atoms with Gasteiger partial charge in [0.2, 0.25) is 0 Å². The molecule has 2 aromatic heterocycles. The molecule has 0 aromatic carbocycles. The van der Waals surface area contributed by atoms with E-state index in [1.54, 1.807) is 23.2 Å². The molecule has 0 bridgehead atoms. The highest BCUT2D eigenvalue weighted by molar-refractivity contribution is 6.29. The van der Waals surface area contributed by atoms with E-state index in [1.807, 2.05) is 12.1 Å². The minimum atomic E-state index is -0.122. The third-order valence-electron chi connectivity index (χ3n) is 3.45. The van der Waals surface area contributed by atoms with Crippen molar-refractivity contribution in [2.45, 2.75) is 6.42 Å². The van der Waals surface area contributed by atoms with Crippen molar-refractivity contribution in [2.75, 3.05) is 31.1 Å². The van der Waals surface area contributed by atoms with Crippen molar-refractivity contribution in [1.82, 2.24) is 15.1 Å². The van der Waals surface area contributed by atoms with Crippen molar-refractivity contribution >= 4 is 23.3 Å². The molecule has 1 amide bonds. The van der Waals surface area contributed by atoms with Crippen molar-refractivity contribution in [3.8, 4) is 0 Å². The maximum absolute atomic E-state index is 12.3. The van der Waals surface area contributed by atoms with Crippen LogP contribution in [0.3, 0.4) is 0 Å². The number of hydrogen-bond donors (Lipinski definition) is 0. The molecule has 1 fully saturated rings. The molecule has 3 heterocycles. The summed E-state index contributed by atoms with van der Waals surface area (Å²) < 4.78 is 5.19. The zero-order valence-electron chi connectivity index (χ0n) is 11.4. The number of rotatable bonds is 2. The molecule has 1 saturated heterocycles. The Morgan fingerprint density at radius 2 is 2.10 bits per heavy atom. The van der Waals surface area contributed by atoms with Gasteiger partial charge in [-0.2, -0.15) is 5.10 Å². The van der Waals surface area contributed by atoms with Gasteiger partial charge in [0, 0.05) is 32.4 Å². The van der Waals surface area contributed by atoms with Crippen LogP contribution in [0.2, 0.25) is 5.22 Å². The van der Waals surface area contributed by atoms with Crippen LogP contribution in [0.4, 0.5) is 5.82 Å². The predicted molar refractivity (Wildman–Crippen MR) is 78.5 cm³/mol. The normalized spacial score (nSPS) is 15.9. The van der Waals surface area contributed by atoms with Gasteiger partial charge in [0.15, 0.2) is 16.8 Å². The Balaban J connectivity index is 1.67. The zero-order valence-corrected chi connectivity index (χ0v) is 12.2. The fourth-order valence-corrected chi connectivity index (χ4v) is 2.54.